The maximum absolute atomic E-state index is 9.90. The standard InChI is InChI=1S/C16H18ClNOSi/c1-20(2,3)19-16(12-18,13-8-4-5-9-13)14-10-6-7-11-15(14)17/h4-8,10-11H,9H2,1-3H3. The lowest BCUT2D eigenvalue weighted by Gasteiger charge is -2.35. The minimum absolute atomic E-state index is 0.570. The molecule has 1 aromatic rings. The van der Waals surface area contributed by atoms with Crippen molar-refractivity contribution in [1.82, 2.24) is 0 Å². The van der Waals surface area contributed by atoms with E-state index in [2.05, 4.69) is 25.7 Å². The van der Waals surface area contributed by atoms with Gasteiger partial charge in [-0.2, -0.15) is 5.26 Å². The molecule has 2 nitrogen and oxygen atoms in total. The quantitative estimate of drug-likeness (QED) is 0.749. The van der Waals surface area contributed by atoms with Crippen LogP contribution < -0.4 is 0 Å². The molecule has 0 aliphatic heterocycles. The van der Waals surface area contributed by atoms with Crippen molar-refractivity contribution in [2.45, 2.75) is 31.7 Å². The minimum atomic E-state index is -1.94. The molecule has 0 N–H and O–H groups in total. The van der Waals surface area contributed by atoms with Crippen LogP contribution in [0, 0.1) is 11.3 Å². The summed E-state index contributed by atoms with van der Waals surface area (Å²) in [5.74, 6) is 0. The van der Waals surface area contributed by atoms with Gasteiger partial charge < -0.3 is 4.43 Å². The van der Waals surface area contributed by atoms with Crippen LogP contribution in [0.3, 0.4) is 0 Å². The van der Waals surface area contributed by atoms with Gasteiger partial charge in [-0.15, -0.1) is 0 Å². The van der Waals surface area contributed by atoms with E-state index in [4.69, 9.17) is 16.0 Å². The number of benzene rings is 1. The Labute approximate surface area is 126 Å². The summed E-state index contributed by atoms with van der Waals surface area (Å²) in [5.41, 5.74) is 0.615. The van der Waals surface area contributed by atoms with Gasteiger partial charge in [0, 0.05) is 10.6 Å². The largest absolute Gasteiger partial charge is 0.393 e. The highest BCUT2D eigenvalue weighted by Crippen LogP contribution is 2.42. The summed E-state index contributed by atoms with van der Waals surface area (Å²) in [5, 5.41) is 10.5. The van der Waals surface area contributed by atoms with E-state index in [9.17, 15) is 5.26 Å². The van der Waals surface area contributed by atoms with E-state index in [0.717, 1.165) is 17.6 Å². The minimum Gasteiger partial charge on any atom is -0.393 e. The van der Waals surface area contributed by atoms with Gasteiger partial charge in [0.05, 0.1) is 0 Å². The fourth-order valence-corrected chi connectivity index (χ4v) is 3.84. The third-order valence-electron chi connectivity index (χ3n) is 3.09. The fourth-order valence-electron chi connectivity index (χ4n) is 2.36. The smallest absolute Gasteiger partial charge is 0.194 e. The first kappa shape index (κ1) is 15.1. The second-order valence-corrected chi connectivity index (χ2v) is 10.6. The number of nitriles is 1. The predicted molar refractivity (Wildman–Crippen MR) is 85.0 cm³/mol. The van der Waals surface area contributed by atoms with Crippen LogP contribution >= 0.6 is 11.6 Å². The van der Waals surface area contributed by atoms with Crippen molar-refractivity contribution < 1.29 is 4.43 Å². The first-order chi connectivity index (χ1) is 9.39. The number of hydrogen-bond donors (Lipinski definition) is 0. The van der Waals surface area contributed by atoms with E-state index in [1.165, 1.54) is 0 Å². The van der Waals surface area contributed by atoms with E-state index in [0.29, 0.717) is 5.02 Å². The Morgan fingerprint density at radius 2 is 2.00 bits per heavy atom. The van der Waals surface area contributed by atoms with Gasteiger partial charge in [-0.3, -0.25) is 0 Å². The number of halogens is 1. The Balaban J connectivity index is 2.60. The lowest BCUT2D eigenvalue weighted by atomic mass is 9.86. The number of nitrogens with zero attached hydrogens (tertiary/aromatic N) is 1. The van der Waals surface area contributed by atoms with E-state index in [1.807, 2.05) is 36.4 Å². The van der Waals surface area contributed by atoms with Crippen LogP contribution in [0.25, 0.3) is 0 Å². The van der Waals surface area contributed by atoms with Gasteiger partial charge in [0.15, 0.2) is 13.9 Å². The molecule has 0 radical (unpaired) electrons. The predicted octanol–water partition coefficient (Wildman–Crippen LogP) is 4.80. The molecule has 104 valence electrons. The monoisotopic (exact) mass is 303 g/mol. The van der Waals surface area contributed by atoms with Crippen molar-refractivity contribution in [3.8, 4) is 6.07 Å². The van der Waals surface area contributed by atoms with Crippen LogP contribution in [0.4, 0.5) is 0 Å². The molecule has 0 aromatic heterocycles. The molecule has 1 unspecified atom stereocenters. The normalized spacial score (nSPS) is 17.4. The zero-order valence-corrected chi connectivity index (χ0v) is 13.7. The van der Waals surface area contributed by atoms with Crippen molar-refractivity contribution in [1.29, 1.82) is 5.26 Å². The Morgan fingerprint density at radius 3 is 2.50 bits per heavy atom. The average Bonchev–Trinajstić information content (AvgIpc) is 2.90. The average molecular weight is 304 g/mol. The van der Waals surface area contributed by atoms with Crippen molar-refractivity contribution in [3.05, 3.63) is 58.7 Å². The number of rotatable bonds is 4. The first-order valence-corrected chi connectivity index (χ1v) is 10.4. The zero-order valence-electron chi connectivity index (χ0n) is 12.0. The van der Waals surface area contributed by atoms with E-state index >= 15 is 0 Å². The summed E-state index contributed by atoms with van der Waals surface area (Å²) < 4.78 is 6.31. The lowest BCUT2D eigenvalue weighted by Crippen LogP contribution is -2.41. The maximum Gasteiger partial charge on any atom is 0.194 e. The third kappa shape index (κ3) is 2.88. The van der Waals surface area contributed by atoms with Crippen molar-refractivity contribution >= 4 is 19.9 Å². The molecule has 1 aromatic carbocycles. The molecule has 0 bridgehead atoms. The molecule has 0 saturated heterocycles. The lowest BCUT2D eigenvalue weighted by molar-refractivity contribution is 0.157. The van der Waals surface area contributed by atoms with E-state index in [-0.39, 0.29) is 0 Å². The molecule has 0 saturated carbocycles. The summed E-state index contributed by atoms with van der Waals surface area (Å²) in [6.45, 7) is 6.25. The Morgan fingerprint density at radius 1 is 1.30 bits per heavy atom. The maximum atomic E-state index is 9.90. The van der Waals surface area contributed by atoms with Gasteiger partial charge in [-0.25, -0.2) is 0 Å². The molecule has 2 rings (SSSR count). The molecule has 0 amide bonds. The summed E-state index contributed by atoms with van der Waals surface area (Å²) >= 11 is 6.33. The summed E-state index contributed by atoms with van der Waals surface area (Å²) in [4.78, 5) is 0. The molecule has 1 aliphatic rings. The highest BCUT2D eigenvalue weighted by atomic mass is 35.5. The molecule has 1 aliphatic carbocycles. The van der Waals surface area contributed by atoms with Gasteiger partial charge in [-0.1, -0.05) is 48.0 Å². The molecule has 0 fully saturated rings. The highest BCUT2D eigenvalue weighted by molar-refractivity contribution is 6.69. The third-order valence-corrected chi connectivity index (χ3v) is 4.34. The Hall–Kier alpha value is -1.34. The van der Waals surface area contributed by atoms with Crippen LogP contribution in [0.5, 0.6) is 0 Å². The molecule has 0 spiro atoms. The summed E-state index contributed by atoms with van der Waals surface area (Å²) in [6.07, 6.45) is 6.69. The van der Waals surface area contributed by atoms with Crippen LogP contribution in [-0.2, 0) is 10.0 Å². The second-order valence-electron chi connectivity index (χ2n) is 5.81. The van der Waals surface area contributed by atoms with Crippen molar-refractivity contribution in [2.75, 3.05) is 0 Å². The molecular weight excluding hydrogens is 286 g/mol. The summed E-state index contributed by atoms with van der Waals surface area (Å²) in [7, 11) is -1.94. The highest BCUT2D eigenvalue weighted by Gasteiger charge is 2.42. The first-order valence-electron chi connectivity index (χ1n) is 6.62. The van der Waals surface area contributed by atoms with Gasteiger partial charge in [-0.05, 0) is 37.7 Å². The van der Waals surface area contributed by atoms with Crippen molar-refractivity contribution in [3.63, 3.8) is 0 Å². The second kappa shape index (κ2) is 5.57. The fraction of sp³-hybridized carbons (Fsp3) is 0.312. The summed E-state index contributed by atoms with van der Waals surface area (Å²) in [6, 6.07) is 9.83. The molecule has 1 atom stereocenters. The molecule has 0 heterocycles. The van der Waals surface area contributed by atoms with Gasteiger partial charge >= 0.3 is 0 Å². The molecule has 4 heteroatoms. The van der Waals surface area contributed by atoms with Crippen LogP contribution in [0.15, 0.2) is 48.1 Å². The van der Waals surface area contributed by atoms with Gasteiger partial charge in [0.25, 0.3) is 0 Å². The SMILES string of the molecule is C[Si](C)(C)OC(C#N)(C1=CC=CC1)c1ccccc1Cl. The van der Waals surface area contributed by atoms with Crippen LogP contribution in [0.2, 0.25) is 24.7 Å². The Kier molecular flexibility index (Phi) is 4.19. The number of allylic oxidation sites excluding steroid dienone is 3. The van der Waals surface area contributed by atoms with Crippen LogP contribution in [-0.4, -0.2) is 8.32 Å². The molecule has 20 heavy (non-hydrogen) atoms. The number of hydrogen-bond acceptors (Lipinski definition) is 2. The molecular formula is C16H18ClNOSi. The van der Waals surface area contributed by atoms with E-state index < -0.39 is 13.9 Å². The topological polar surface area (TPSA) is 33.0 Å². The van der Waals surface area contributed by atoms with Crippen LogP contribution in [0.1, 0.15) is 12.0 Å². The van der Waals surface area contributed by atoms with Gasteiger partial charge in [0.1, 0.15) is 6.07 Å². The van der Waals surface area contributed by atoms with E-state index in [1.54, 1.807) is 6.07 Å². The zero-order chi connectivity index (χ0) is 14.8. The Bertz CT molecular complexity index is 610. The van der Waals surface area contributed by atoms with Gasteiger partial charge in [0.2, 0.25) is 0 Å². The van der Waals surface area contributed by atoms with Crippen molar-refractivity contribution in [2.24, 2.45) is 0 Å².